The first-order valence-corrected chi connectivity index (χ1v) is 6.49. The fourth-order valence-electron chi connectivity index (χ4n) is 2.83. The lowest BCUT2D eigenvalue weighted by Crippen LogP contribution is -2.30. The highest BCUT2D eigenvalue weighted by molar-refractivity contribution is 5.82. The minimum atomic E-state index is -0.947. The number of imidazole rings is 1. The number of anilines is 1. The molecule has 8 heteroatoms. The van der Waals surface area contributed by atoms with Crippen LogP contribution in [-0.2, 0) is 0 Å². The van der Waals surface area contributed by atoms with Gasteiger partial charge in [0.05, 0.1) is 18.5 Å². The van der Waals surface area contributed by atoms with Crippen molar-refractivity contribution in [1.29, 1.82) is 0 Å². The highest BCUT2D eigenvalue weighted by Gasteiger charge is 2.42. The first kappa shape index (κ1) is 13.2. The van der Waals surface area contributed by atoms with Crippen molar-refractivity contribution in [2.75, 3.05) is 19.0 Å². The van der Waals surface area contributed by atoms with Crippen LogP contribution >= 0.6 is 0 Å². The van der Waals surface area contributed by atoms with E-state index in [2.05, 4.69) is 20.3 Å². The number of aliphatic hydroxyl groups excluding tert-OH is 3. The zero-order valence-corrected chi connectivity index (χ0v) is 11.0. The van der Waals surface area contributed by atoms with E-state index in [4.69, 9.17) is 0 Å². The molecule has 4 N–H and O–H groups in total. The van der Waals surface area contributed by atoms with Gasteiger partial charge in [-0.2, -0.15) is 0 Å². The molecule has 0 saturated heterocycles. The van der Waals surface area contributed by atoms with Crippen molar-refractivity contribution < 1.29 is 15.3 Å². The third-order valence-electron chi connectivity index (χ3n) is 3.96. The van der Waals surface area contributed by atoms with Crippen LogP contribution in [0.1, 0.15) is 12.5 Å². The summed E-state index contributed by atoms with van der Waals surface area (Å²) in [7, 11) is 1.75. The molecule has 20 heavy (non-hydrogen) atoms. The summed E-state index contributed by atoms with van der Waals surface area (Å²) >= 11 is 0. The average molecular weight is 279 g/mol. The van der Waals surface area contributed by atoms with Gasteiger partial charge in [0.25, 0.3) is 0 Å². The van der Waals surface area contributed by atoms with E-state index in [1.807, 2.05) is 0 Å². The molecule has 2 aromatic rings. The lowest BCUT2D eigenvalue weighted by Gasteiger charge is -2.18. The third kappa shape index (κ3) is 1.84. The number of hydrogen-bond acceptors (Lipinski definition) is 7. The molecule has 1 aliphatic carbocycles. The summed E-state index contributed by atoms with van der Waals surface area (Å²) in [5.41, 5.74) is 1.21. The predicted molar refractivity (Wildman–Crippen MR) is 71.1 cm³/mol. The highest BCUT2D eigenvalue weighted by Crippen LogP contribution is 2.36. The van der Waals surface area contributed by atoms with E-state index in [1.165, 1.54) is 6.33 Å². The Morgan fingerprint density at radius 1 is 1.30 bits per heavy atom. The van der Waals surface area contributed by atoms with Crippen molar-refractivity contribution in [3.63, 3.8) is 0 Å². The maximum atomic E-state index is 10.1. The van der Waals surface area contributed by atoms with Gasteiger partial charge in [-0.15, -0.1) is 0 Å². The molecule has 0 unspecified atom stereocenters. The normalized spacial score (nSPS) is 30.0. The zero-order chi connectivity index (χ0) is 14.3. The number of nitrogens with one attached hydrogen (secondary N) is 1. The molecule has 3 rings (SSSR count). The zero-order valence-electron chi connectivity index (χ0n) is 11.0. The predicted octanol–water partition coefficient (Wildman–Crippen LogP) is -0.857. The van der Waals surface area contributed by atoms with Crippen LogP contribution in [0.4, 0.5) is 5.82 Å². The molecule has 0 spiro atoms. The Kier molecular flexibility index (Phi) is 3.28. The number of nitrogens with zero attached hydrogens (tertiary/aromatic N) is 4. The van der Waals surface area contributed by atoms with Crippen LogP contribution in [0.15, 0.2) is 12.7 Å². The largest absolute Gasteiger partial charge is 0.396 e. The Morgan fingerprint density at radius 3 is 2.75 bits per heavy atom. The average Bonchev–Trinajstić information content (AvgIpc) is 3.01. The van der Waals surface area contributed by atoms with Crippen LogP contribution in [0.5, 0.6) is 0 Å². The van der Waals surface area contributed by atoms with E-state index in [0.29, 0.717) is 23.4 Å². The Balaban J connectivity index is 2.03. The molecule has 2 aromatic heterocycles. The smallest absolute Gasteiger partial charge is 0.165 e. The van der Waals surface area contributed by atoms with Gasteiger partial charge < -0.3 is 25.2 Å². The molecule has 2 heterocycles. The molecule has 0 aromatic carbocycles. The Labute approximate surface area is 115 Å². The minimum Gasteiger partial charge on any atom is -0.396 e. The van der Waals surface area contributed by atoms with Crippen LogP contribution in [0, 0.1) is 5.92 Å². The monoisotopic (exact) mass is 279 g/mol. The van der Waals surface area contributed by atoms with Gasteiger partial charge in [0.15, 0.2) is 11.5 Å². The van der Waals surface area contributed by atoms with Crippen LogP contribution in [0.2, 0.25) is 0 Å². The summed E-state index contributed by atoms with van der Waals surface area (Å²) in [5, 5.41) is 32.2. The van der Waals surface area contributed by atoms with Crippen molar-refractivity contribution in [1.82, 2.24) is 19.5 Å². The Bertz CT molecular complexity index is 616. The molecular formula is C12H17N5O3. The van der Waals surface area contributed by atoms with Gasteiger partial charge in [-0.25, -0.2) is 15.0 Å². The Hall–Kier alpha value is -1.77. The lowest BCUT2D eigenvalue weighted by atomic mass is 10.1. The number of aliphatic hydroxyl groups is 3. The topological polar surface area (TPSA) is 116 Å². The fourth-order valence-corrected chi connectivity index (χ4v) is 2.83. The van der Waals surface area contributed by atoms with Crippen LogP contribution in [-0.4, -0.2) is 60.7 Å². The van der Waals surface area contributed by atoms with Crippen molar-refractivity contribution in [3.05, 3.63) is 12.7 Å². The van der Waals surface area contributed by atoms with Crippen LogP contribution in [0.25, 0.3) is 11.2 Å². The van der Waals surface area contributed by atoms with Gasteiger partial charge in [-0.05, 0) is 6.42 Å². The molecule has 0 aliphatic heterocycles. The summed E-state index contributed by atoms with van der Waals surface area (Å²) in [5.74, 6) is 0.276. The number of rotatable bonds is 3. The highest BCUT2D eigenvalue weighted by atomic mass is 16.3. The summed E-state index contributed by atoms with van der Waals surface area (Å²) in [6.45, 7) is -0.155. The molecular weight excluding hydrogens is 262 g/mol. The lowest BCUT2D eigenvalue weighted by molar-refractivity contribution is -0.00370. The molecule has 1 fully saturated rings. The summed E-state index contributed by atoms with van der Waals surface area (Å²) in [6.07, 6.45) is 1.60. The van der Waals surface area contributed by atoms with E-state index < -0.39 is 12.2 Å². The summed E-state index contributed by atoms with van der Waals surface area (Å²) in [4.78, 5) is 12.5. The van der Waals surface area contributed by atoms with Crippen LogP contribution in [0.3, 0.4) is 0 Å². The standard InChI is InChI=1S/C12H17N5O3/c1-13-11-8-12(15-4-14-11)17(5-16-8)7-2-6(3-18)9(19)10(7)20/h4-7,9-10,18-20H,2-3H2,1H3,(H,13,14,15)/t6-,7-,9-,10+/m0/s1. The molecule has 1 saturated carbocycles. The minimum absolute atomic E-state index is 0.155. The second-order valence-corrected chi connectivity index (χ2v) is 5.02. The van der Waals surface area contributed by atoms with E-state index >= 15 is 0 Å². The molecule has 1 aliphatic rings. The van der Waals surface area contributed by atoms with Gasteiger partial charge in [0, 0.05) is 19.6 Å². The van der Waals surface area contributed by atoms with Crippen molar-refractivity contribution in [3.8, 4) is 0 Å². The fraction of sp³-hybridized carbons (Fsp3) is 0.583. The maximum absolute atomic E-state index is 10.1. The summed E-state index contributed by atoms with van der Waals surface area (Å²) in [6, 6.07) is -0.355. The molecule has 0 bridgehead atoms. The van der Waals surface area contributed by atoms with Gasteiger partial charge >= 0.3 is 0 Å². The van der Waals surface area contributed by atoms with Gasteiger partial charge in [-0.1, -0.05) is 0 Å². The van der Waals surface area contributed by atoms with Crippen molar-refractivity contribution in [2.24, 2.45) is 5.92 Å². The molecule has 108 valence electrons. The van der Waals surface area contributed by atoms with Crippen LogP contribution < -0.4 is 5.32 Å². The van der Waals surface area contributed by atoms with E-state index in [0.717, 1.165) is 0 Å². The number of fused-ring (bicyclic) bond motifs is 1. The number of hydrogen-bond donors (Lipinski definition) is 4. The van der Waals surface area contributed by atoms with E-state index in [1.54, 1.807) is 17.9 Å². The second kappa shape index (κ2) is 4.97. The third-order valence-corrected chi connectivity index (χ3v) is 3.96. The van der Waals surface area contributed by atoms with Crippen molar-refractivity contribution >= 4 is 17.0 Å². The molecule has 4 atom stereocenters. The first-order chi connectivity index (χ1) is 9.67. The van der Waals surface area contributed by atoms with Gasteiger partial charge in [0.2, 0.25) is 0 Å². The summed E-state index contributed by atoms with van der Waals surface area (Å²) < 4.78 is 1.74. The van der Waals surface area contributed by atoms with E-state index in [9.17, 15) is 15.3 Å². The number of aromatic nitrogens is 4. The molecule has 0 amide bonds. The molecule has 0 radical (unpaired) electrons. The SMILES string of the molecule is CNc1ncnc2c1ncn2[C@H]1C[C@@H](CO)[C@H](O)[C@@H]1O. The quantitative estimate of drug-likeness (QED) is 0.578. The first-order valence-electron chi connectivity index (χ1n) is 6.49. The van der Waals surface area contributed by atoms with Crippen molar-refractivity contribution in [2.45, 2.75) is 24.7 Å². The van der Waals surface area contributed by atoms with Gasteiger partial charge in [-0.3, -0.25) is 0 Å². The molecule has 8 nitrogen and oxygen atoms in total. The second-order valence-electron chi connectivity index (χ2n) is 5.02. The Morgan fingerprint density at radius 2 is 2.10 bits per heavy atom. The van der Waals surface area contributed by atoms with E-state index in [-0.39, 0.29) is 18.6 Å². The van der Waals surface area contributed by atoms with Gasteiger partial charge in [0.1, 0.15) is 17.9 Å². The maximum Gasteiger partial charge on any atom is 0.165 e.